The van der Waals surface area contributed by atoms with E-state index >= 15 is 0 Å². The first-order chi connectivity index (χ1) is 9.94. The van der Waals surface area contributed by atoms with E-state index in [0.29, 0.717) is 12.2 Å². The SMILES string of the molecule is CCNc1ccc(S(=O)(=O)Nc2ncc[nH]2)c([N+](=O)[O-])c1. The topological polar surface area (TPSA) is 130 Å². The van der Waals surface area contributed by atoms with Crippen molar-refractivity contribution in [2.24, 2.45) is 0 Å². The minimum Gasteiger partial charge on any atom is -0.385 e. The van der Waals surface area contributed by atoms with Gasteiger partial charge in [0.05, 0.1) is 4.92 Å². The van der Waals surface area contributed by atoms with E-state index < -0.39 is 25.5 Å². The predicted molar refractivity (Wildman–Crippen MR) is 76.7 cm³/mol. The standard InChI is InChI=1S/C11H13N5O4S/c1-2-12-8-3-4-10(9(7-8)16(17)18)21(19,20)15-11-13-5-6-14-11/h3-7,12H,2H2,1H3,(H2,13,14,15). The fourth-order valence-corrected chi connectivity index (χ4v) is 2.84. The highest BCUT2D eigenvalue weighted by Gasteiger charge is 2.26. The maximum Gasteiger partial charge on any atom is 0.291 e. The highest BCUT2D eigenvalue weighted by Crippen LogP contribution is 2.28. The summed E-state index contributed by atoms with van der Waals surface area (Å²) in [5.41, 5.74) is -0.0337. The van der Waals surface area contributed by atoms with Gasteiger partial charge in [0.15, 0.2) is 4.90 Å². The van der Waals surface area contributed by atoms with E-state index in [1.165, 1.54) is 30.6 Å². The van der Waals surface area contributed by atoms with Crippen LogP contribution in [0.3, 0.4) is 0 Å². The molecule has 1 heterocycles. The largest absolute Gasteiger partial charge is 0.385 e. The molecule has 2 rings (SSSR count). The maximum absolute atomic E-state index is 12.2. The molecule has 9 nitrogen and oxygen atoms in total. The smallest absolute Gasteiger partial charge is 0.291 e. The second-order valence-corrected chi connectivity index (χ2v) is 5.66. The number of aromatic amines is 1. The molecule has 0 atom stereocenters. The Labute approximate surface area is 120 Å². The van der Waals surface area contributed by atoms with Crippen LogP contribution in [-0.4, -0.2) is 29.9 Å². The predicted octanol–water partition coefficient (Wildman–Crippen LogP) is 1.55. The third kappa shape index (κ3) is 3.28. The average molecular weight is 311 g/mol. The van der Waals surface area contributed by atoms with Crippen LogP contribution in [0.1, 0.15) is 6.92 Å². The fraction of sp³-hybridized carbons (Fsp3) is 0.182. The van der Waals surface area contributed by atoms with Crippen molar-refractivity contribution in [1.29, 1.82) is 0 Å². The molecular formula is C11H13N5O4S. The second-order valence-electron chi connectivity index (χ2n) is 4.01. The minimum absolute atomic E-state index is 0.0138. The number of hydrogen-bond donors (Lipinski definition) is 3. The number of imidazole rings is 1. The Morgan fingerprint density at radius 1 is 1.43 bits per heavy atom. The molecule has 112 valence electrons. The van der Waals surface area contributed by atoms with Crippen molar-refractivity contribution < 1.29 is 13.3 Å². The zero-order valence-corrected chi connectivity index (χ0v) is 11.8. The molecule has 0 amide bonds. The molecule has 21 heavy (non-hydrogen) atoms. The first-order valence-electron chi connectivity index (χ1n) is 5.98. The van der Waals surface area contributed by atoms with Gasteiger partial charge in [-0.3, -0.25) is 10.1 Å². The molecule has 0 unspecified atom stereocenters. The molecule has 0 saturated heterocycles. The van der Waals surface area contributed by atoms with E-state index in [0.717, 1.165) is 0 Å². The lowest BCUT2D eigenvalue weighted by atomic mass is 10.3. The van der Waals surface area contributed by atoms with Crippen LogP contribution in [0.2, 0.25) is 0 Å². The van der Waals surface area contributed by atoms with Crippen LogP contribution in [0.25, 0.3) is 0 Å². The number of sulfonamides is 1. The van der Waals surface area contributed by atoms with E-state index in [1.807, 2.05) is 6.92 Å². The molecule has 0 aliphatic heterocycles. The van der Waals surface area contributed by atoms with E-state index in [-0.39, 0.29) is 5.95 Å². The van der Waals surface area contributed by atoms with Gasteiger partial charge in [-0.2, -0.15) is 0 Å². The number of anilines is 2. The van der Waals surface area contributed by atoms with Gasteiger partial charge in [-0.15, -0.1) is 0 Å². The molecule has 10 heteroatoms. The summed E-state index contributed by atoms with van der Waals surface area (Å²) in [6, 6.07) is 3.83. The Kier molecular flexibility index (Phi) is 4.08. The van der Waals surface area contributed by atoms with Gasteiger partial charge in [-0.25, -0.2) is 18.1 Å². The number of nitrogens with zero attached hydrogens (tertiary/aromatic N) is 2. The van der Waals surface area contributed by atoms with Gasteiger partial charge >= 0.3 is 0 Å². The molecule has 0 spiro atoms. The summed E-state index contributed by atoms with van der Waals surface area (Å²) >= 11 is 0. The van der Waals surface area contributed by atoms with Crippen molar-refractivity contribution in [1.82, 2.24) is 9.97 Å². The lowest BCUT2D eigenvalue weighted by molar-refractivity contribution is -0.387. The number of benzene rings is 1. The molecule has 1 aromatic carbocycles. The van der Waals surface area contributed by atoms with Crippen LogP contribution in [0, 0.1) is 10.1 Å². The van der Waals surface area contributed by atoms with Crippen LogP contribution < -0.4 is 10.0 Å². The number of nitro groups is 1. The van der Waals surface area contributed by atoms with Gasteiger partial charge in [0.2, 0.25) is 5.95 Å². The van der Waals surface area contributed by atoms with Crippen molar-refractivity contribution in [3.8, 4) is 0 Å². The summed E-state index contributed by atoms with van der Waals surface area (Å²) < 4.78 is 26.5. The number of nitrogens with one attached hydrogen (secondary N) is 3. The molecule has 3 N–H and O–H groups in total. The molecule has 0 aliphatic carbocycles. The minimum atomic E-state index is -4.10. The van der Waals surface area contributed by atoms with Crippen molar-refractivity contribution in [3.05, 3.63) is 40.7 Å². The first-order valence-corrected chi connectivity index (χ1v) is 7.47. The quantitative estimate of drug-likeness (QED) is 0.548. The highest BCUT2D eigenvalue weighted by molar-refractivity contribution is 7.92. The van der Waals surface area contributed by atoms with Gasteiger partial charge in [-0.1, -0.05) is 0 Å². The summed E-state index contributed by atoms with van der Waals surface area (Å²) in [6.45, 7) is 2.39. The molecule has 2 aromatic rings. The molecule has 0 aliphatic rings. The lowest BCUT2D eigenvalue weighted by Crippen LogP contribution is -2.15. The zero-order chi connectivity index (χ0) is 15.5. The van der Waals surface area contributed by atoms with E-state index in [1.54, 1.807) is 0 Å². The molecule has 0 saturated carbocycles. The van der Waals surface area contributed by atoms with Crippen molar-refractivity contribution in [3.63, 3.8) is 0 Å². The summed E-state index contributed by atoms with van der Waals surface area (Å²) in [5, 5.41) is 14.0. The number of aromatic nitrogens is 2. The van der Waals surface area contributed by atoms with Gasteiger partial charge in [0, 0.05) is 30.7 Å². The lowest BCUT2D eigenvalue weighted by Gasteiger charge is -2.08. The number of H-pyrrole nitrogens is 1. The number of rotatable bonds is 6. The molecular weight excluding hydrogens is 298 g/mol. The Bertz CT molecular complexity index is 742. The van der Waals surface area contributed by atoms with Crippen molar-refractivity contribution in [2.45, 2.75) is 11.8 Å². The van der Waals surface area contributed by atoms with Crippen LogP contribution in [0.4, 0.5) is 17.3 Å². The summed E-state index contributed by atoms with van der Waals surface area (Å²) in [5.74, 6) is -0.0138. The Hall–Kier alpha value is -2.62. The highest BCUT2D eigenvalue weighted by atomic mass is 32.2. The van der Waals surface area contributed by atoms with E-state index in [2.05, 4.69) is 20.0 Å². The van der Waals surface area contributed by atoms with Crippen LogP contribution in [0.15, 0.2) is 35.5 Å². The van der Waals surface area contributed by atoms with Crippen LogP contribution in [0.5, 0.6) is 0 Å². The first kappa shape index (κ1) is 14.8. The molecule has 0 radical (unpaired) electrons. The van der Waals surface area contributed by atoms with Crippen LogP contribution >= 0.6 is 0 Å². The van der Waals surface area contributed by atoms with Crippen LogP contribution in [-0.2, 0) is 10.0 Å². The molecule has 1 aromatic heterocycles. The Morgan fingerprint density at radius 2 is 2.19 bits per heavy atom. The molecule has 0 bridgehead atoms. The molecule has 0 fully saturated rings. The second kappa shape index (κ2) is 5.79. The summed E-state index contributed by atoms with van der Waals surface area (Å²) in [4.78, 5) is 16.2. The summed E-state index contributed by atoms with van der Waals surface area (Å²) in [7, 11) is -4.10. The van der Waals surface area contributed by atoms with E-state index in [9.17, 15) is 18.5 Å². The average Bonchev–Trinajstić information content (AvgIpc) is 2.91. The normalized spacial score (nSPS) is 11.1. The third-order valence-electron chi connectivity index (χ3n) is 2.56. The number of nitro benzene ring substituents is 1. The fourth-order valence-electron chi connectivity index (χ4n) is 1.70. The maximum atomic E-state index is 12.2. The monoisotopic (exact) mass is 311 g/mol. The summed E-state index contributed by atoms with van der Waals surface area (Å²) in [6.07, 6.45) is 2.79. The third-order valence-corrected chi connectivity index (χ3v) is 3.94. The Balaban J connectivity index is 2.44. The zero-order valence-electron chi connectivity index (χ0n) is 11.0. The van der Waals surface area contributed by atoms with Gasteiger partial charge in [-0.05, 0) is 19.1 Å². The van der Waals surface area contributed by atoms with Crippen molar-refractivity contribution in [2.75, 3.05) is 16.6 Å². The van der Waals surface area contributed by atoms with Gasteiger partial charge in [0.1, 0.15) is 0 Å². The Morgan fingerprint density at radius 3 is 2.76 bits per heavy atom. The van der Waals surface area contributed by atoms with Crippen molar-refractivity contribution >= 4 is 27.3 Å². The van der Waals surface area contributed by atoms with Gasteiger partial charge < -0.3 is 10.3 Å². The van der Waals surface area contributed by atoms with Gasteiger partial charge in [0.25, 0.3) is 15.7 Å². The number of hydrogen-bond acceptors (Lipinski definition) is 6. The van der Waals surface area contributed by atoms with E-state index in [4.69, 9.17) is 0 Å².